The average molecular weight is 242 g/mol. The minimum Gasteiger partial charge on any atom is -0.339 e. The summed E-state index contributed by atoms with van der Waals surface area (Å²) in [5, 5.41) is 11.9. The molecule has 0 amide bonds. The van der Waals surface area contributed by atoms with Crippen LogP contribution in [0.25, 0.3) is 0 Å². The van der Waals surface area contributed by atoms with Crippen LogP contribution in [0.5, 0.6) is 0 Å². The number of aromatic nitrogens is 5. The first-order valence-electron chi connectivity index (χ1n) is 5.07. The van der Waals surface area contributed by atoms with Crippen molar-refractivity contribution in [2.45, 2.75) is 33.2 Å². The monoisotopic (exact) mass is 241 g/mol. The zero-order valence-electron chi connectivity index (χ0n) is 9.14. The molecule has 2 aromatic heterocycles. The van der Waals surface area contributed by atoms with Crippen molar-refractivity contribution in [1.82, 2.24) is 24.9 Å². The quantitative estimate of drug-likeness (QED) is 0.810. The zero-order chi connectivity index (χ0) is 11.5. The maximum Gasteiger partial charge on any atom is 0.228 e. The molecule has 0 atom stereocenters. The fraction of sp³-hybridized carbons (Fsp3) is 0.556. The third kappa shape index (κ3) is 2.21. The fourth-order valence-corrected chi connectivity index (χ4v) is 1.67. The lowest BCUT2D eigenvalue weighted by atomic mass is 10.4. The van der Waals surface area contributed by atoms with E-state index in [1.807, 2.05) is 11.5 Å². The SMILES string of the molecule is CCc1nnc(Cl)n1CCc1nc(C)no1. The Kier molecular flexibility index (Phi) is 3.19. The van der Waals surface area contributed by atoms with Crippen molar-refractivity contribution in [3.05, 3.63) is 22.8 Å². The van der Waals surface area contributed by atoms with E-state index >= 15 is 0 Å². The Bertz CT molecular complexity index is 478. The second-order valence-corrected chi connectivity index (χ2v) is 3.71. The van der Waals surface area contributed by atoms with Gasteiger partial charge in [-0.2, -0.15) is 4.98 Å². The van der Waals surface area contributed by atoms with E-state index in [0.29, 0.717) is 30.0 Å². The zero-order valence-corrected chi connectivity index (χ0v) is 9.90. The van der Waals surface area contributed by atoms with Gasteiger partial charge in [0.25, 0.3) is 0 Å². The molecule has 0 spiro atoms. The van der Waals surface area contributed by atoms with Crippen LogP contribution in [-0.4, -0.2) is 24.9 Å². The van der Waals surface area contributed by atoms with E-state index in [1.165, 1.54) is 0 Å². The first-order chi connectivity index (χ1) is 7.70. The van der Waals surface area contributed by atoms with E-state index in [2.05, 4.69) is 20.3 Å². The van der Waals surface area contributed by atoms with Crippen molar-refractivity contribution in [3.63, 3.8) is 0 Å². The number of hydrogen-bond acceptors (Lipinski definition) is 5. The number of nitrogens with zero attached hydrogens (tertiary/aromatic N) is 5. The molecule has 0 aliphatic heterocycles. The van der Waals surface area contributed by atoms with Crippen LogP contribution in [0, 0.1) is 6.92 Å². The topological polar surface area (TPSA) is 69.6 Å². The predicted molar refractivity (Wildman–Crippen MR) is 57.1 cm³/mol. The van der Waals surface area contributed by atoms with Crippen molar-refractivity contribution in [1.29, 1.82) is 0 Å². The number of halogens is 1. The predicted octanol–water partition coefficient (Wildman–Crippen LogP) is 1.43. The fourth-order valence-electron chi connectivity index (χ4n) is 1.45. The second kappa shape index (κ2) is 4.61. The third-order valence-electron chi connectivity index (χ3n) is 2.22. The first-order valence-corrected chi connectivity index (χ1v) is 5.45. The van der Waals surface area contributed by atoms with Crippen LogP contribution in [-0.2, 0) is 19.4 Å². The maximum absolute atomic E-state index is 5.92. The van der Waals surface area contributed by atoms with Crippen LogP contribution >= 0.6 is 11.6 Å². The van der Waals surface area contributed by atoms with E-state index in [0.717, 1.165) is 12.2 Å². The lowest BCUT2D eigenvalue weighted by Crippen LogP contribution is -2.06. The maximum atomic E-state index is 5.92. The van der Waals surface area contributed by atoms with Gasteiger partial charge in [-0.3, -0.25) is 0 Å². The van der Waals surface area contributed by atoms with Gasteiger partial charge in [0.05, 0.1) is 0 Å². The molecule has 0 radical (unpaired) electrons. The summed E-state index contributed by atoms with van der Waals surface area (Å²) in [6, 6.07) is 0. The Hall–Kier alpha value is -1.43. The van der Waals surface area contributed by atoms with Gasteiger partial charge in [-0.1, -0.05) is 12.1 Å². The molecule has 0 fully saturated rings. The molecule has 2 rings (SSSR count). The van der Waals surface area contributed by atoms with Crippen molar-refractivity contribution in [2.75, 3.05) is 0 Å². The molecule has 0 saturated heterocycles. The summed E-state index contributed by atoms with van der Waals surface area (Å²) >= 11 is 5.92. The highest BCUT2D eigenvalue weighted by Gasteiger charge is 2.10. The van der Waals surface area contributed by atoms with Crippen LogP contribution in [0.2, 0.25) is 5.28 Å². The molecule has 16 heavy (non-hydrogen) atoms. The van der Waals surface area contributed by atoms with Crippen molar-refractivity contribution < 1.29 is 4.52 Å². The molecule has 86 valence electrons. The number of rotatable bonds is 4. The van der Waals surface area contributed by atoms with E-state index in [-0.39, 0.29) is 0 Å². The summed E-state index contributed by atoms with van der Waals surface area (Å²) in [7, 11) is 0. The summed E-state index contributed by atoms with van der Waals surface area (Å²) in [6.07, 6.45) is 1.42. The van der Waals surface area contributed by atoms with Gasteiger partial charge in [0.1, 0.15) is 5.82 Å². The molecule has 0 bridgehead atoms. The largest absolute Gasteiger partial charge is 0.339 e. The average Bonchev–Trinajstić information content (AvgIpc) is 2.82. The number of aryl methyl sites for hydroxylation is 3. The molecule has 6 nitrogen and oxygen atoms in total. The summed E-state index contributed by atoms with van der Waals surface area (Å²) in [4.78, 5) is 4.12. The smallest absolute Gasteiger partial charge is 0.228 e. The molecule has 7 heteroatoms. The highest BCUT2D eigenvalue weighted by atomic mass is 35.5. The molecule has 0 aliphatic carbocycles. The minimum atomic E-state index is 0.396. The van der Waals surface area contributed by atoms with Crippen molar-refractivity contribution >= 4 is 11.6 Å². The second-order valence-electron chi connectivity index (χ2n) is 3.38. The summed E-state index contributed by atoms with van der Waals surface area (Å²) in [5.41, 5.74) is 0. The van der Waals surface area contributed by atoms with Crippen LogP contribution in [0.4, 0.5) is 0 Å². The lowest BCUT2D eigenvalue weighted by Gasteiger charge is -2.03. The standard InChI is InChI=1S/C9H12ClN5O/c1-3-7-12-13-9(10)15(7)5-4-8-11-6(2)14-16-8/h3-5H2,1-2H3. The Morgan fingerprint density at radius 3 is 2.81 bits per heavy atom. The van der Waals surface area contributed by atoms with E-state index in [1.54, 1.807) is 6.92 Å². The summed E-state index contributed by atoms with van der Waals surface area (Å²) in [5.74, 6) is 2.10. The van der Waals surface area contributed by atoms with Crippen LogP contribution < -0.4 is 0 Å². The molecule has 0 saturated carbocycles. The summed E-state index contributed by atoms with van der Waals surface area (Å²) in [6.45, 7) is 4.44. The van der Waals surface area contributed by atoms with Gasteiger partial charge in [0.15, 0.2) is 5.82 Å². The van der Waals surface area contributed by atoms with Crippen LogP contribution in [0.3, 0.4) is 0 Å². The Balaban J connectivity index is 2.06. The highest BCUT2D eigenvalue weighted by Crippen LogP contribution is 2.10. The molecular weight excluding hydrogens is 230 g/mol. The Morgan fingerprint density at radius 2 is 2.19 bits per heavy atom. The molecule has 2 heterocycles. The van der Waals surface area contributed by atoms with Crippen LogP contribution in [0.15, 0.2) is 4.52 Å². The van der Waals surface area contributed by atoms with Gasteiger partial charge in [0.2, 0.25) is 11.2 Å². The number of hydrogen-bond donors (Lipinski definition) is 0. The van der Waals surface area contributed by atoms with Gasteiger partial charge < -0.3 is 9.09 Å². The molecule has 0 unspecified atom stereocenters. The van der Waals surface area contributed by atoms with Crippen molar-refractivity contribution in [3.8, 4) is 0 Å². The molecule has 0 aromatic carbocycles. The molecule has 0 N–H and O–H groups in total. The highest BCUT2D eigenvalue weighted by molar-refractivity contribution is 6.28. The normalized spacial score (nSPS) is 10.9. The molecule has 0 aliphatic rings. The minimum absolute atomic E-state index is 0.396. The van der Waals surface area contributed by atoms with Gasteiger partial charge in [0, 0.05) is 19.4 Å². The van der Waals surface area contributed by atoms with Gasteiger partial charge in [-0.15, -0.1) is 10.2 Å². The third-order valence-corrected chi connectivity index (χ3v) is 2.50. The van der Waals surface area contributed by atoms with Gasteiger partial charge >= 0.3 is 0 Å². The summed E-state index contributed by atoms with van der Waals surface area (Å²) < 4.78 is 6.87. The Morgan fingerprint density at radius 1 is 1.38 bits per heavy atom. The Labute approximate surface area is 97.6 Å². The van der Waals surface area contributed by atoms with E-state index in [4.69, 9.17) is 16.1 Å². The van der Waals surface area contributed by atoms with E-state index in [9.17, 15) is 0 Å². The van der Waals surface area contributed by atoms with Crippen LogP contribution in [0.1, 0.15) is 24.5 Å². The van der Waals surface area contributed by atoms with Gasteiger partial charge in [-0.05, 0) is 18.5 Å². The lowest BCUT2D eigenvalue weighted by molar-refractivity contribution is 0.367. The molecular formula is C9H12ClN5O. The van der Waals surface area contributed by atoms with Gasteiger partial charge in [-0.25, -0.2) is 0 Å². The van der Waals surface area contributed by atoms with E-state index < -0.39 is 0 Å². The van der Waals surface area contributed by atoms with Crippen molar-refractivity contribution in [2.24, 2.45) is 0 Å². The molecule has 2 aromatic rings. The first kappa shape index (κ1) is 11.1.